The molecular weight excluding hydrogens is 372 g/mol. The monoisotopic (exact) mass is 400 g/mol. The van der Waals surface area contributed by atoms with Crippen molar-refractivity contribution in [2.75, 3.05) is 13.1 Å². The lowest BCUT2D eigenvalue weighted by Crippen LogP contribution is -2.13. The summed E-state index contributed by atoms with van der Waals surface area (Å²) in [5.74, 6) is 2.16. The zero-order valence-electron chi connectivity index (χ0n) is 17.2. The van der Waals surface area contributed by atoms with Crippen molar-refractivity contribution in [3.05, 3.63) is 59.2 Å². The predicted octanol–water partition coefficient (Wildman–Crippen LogP) is 4.07. The van der Waals surface area contributed by atoms with Crippen LogP contribution in [0.15, 0.2) is 36.4 Å². The lowest BCUT2D eigenvalue weighted by atomic mass is 10.0. The summed E-state index contributed by atoms with van der Waals surface area (Å²) in [7, 11) is 0. The number of aromatic nitrogens is 4. The van der Waals surface area contributed by atoms with Crippen molar-refractivity contribution < 1.29 is 0 Å². The number of fused-ring (bicyclic) bond motifs is 2. The first kappa shape index (κ1) is 18.1. The van der Waals surface area contributed by atoms with Gasteiger partial charge in [0.2, 0.25) is 0 Å². The Morgan fingerprint density at radius 1 is 0.700 bits per heavy atom. The first-order valence-corrected chi connectivity index (χ1v) is 11.3. The maximum Gasteiger partial charge on any atom is 0.124 e. The third-order valence-electron chi connectivity index (χ3n) is 6.61. The van der Waals surface area contributed by atoms with Crippen molar-refractivity contribution in [3.63, 3.8) is 0 Å². The van der Waals surface area contributed by atoms with Crippen LogP contribution in [0, 0.1) is 0 Å². The lowest BCUT2D eigenvalue weighted by molar-refractivity contribution is 0.614. The molecule has 30 heavy (non-hydrogen) atoms. The van der Waals surface area contributed by atoms with E-state index in [0.29, 0.717) is 12.1 Å². The average molecular weight is 401 g/mol. The van der Waals surface area contributed by atoms with Gasteiger partial charge >= 0.3 is 0 Å². The molecule has 2 fully saturated rings. The molecule has 0 amide bonds. The summed E-state index contributed by atoms with van der Waals surface area (Å²) < 4.78 is 0. The maximum absolute atomic E-state index is 4.79. The van der Waals surface area contributed by atoms with Gasteiger partial charge < -0.3 is 20.6 Å². The van der Waals surface area contributed by atoms with Crippen LogP contribution < -0.4 is 10.6 Å². The van der Waals surface area contributed by atoms with Crippen LogP contribution >= 0.6 is 0 Å². The van der Waals surface area contributed by atoms with Crippen molar-refractivity contribution in [2.24, 2.45) is 0 Å². The van der Waals surface area contributed by atoms with E-state index < -0.39 is 0 Å². The quantitative estimate of drug-likeness (QED) is 0.407. The van der Waals surface area contributed by atoms with Gasteiger partial charge in [0.1, 0.15) is 11.6 Å². The molecule has 0 bridgehead atoms. The van der Waals surface area contributed by atoms with Gasteiger partial charge in [0.15, 0.2) is 0 Å². The van der Waals surface area contributed by atoms with E-state index in [9.17, 15) is 0 Å². The van der Waals surface area contributed by atoms with Crippen LogP contribution in [0.25, 0.3) is 22.1 Å². The molecule has 6 nitrogen and oxygen atoms in total. The summed E-state index contributed by atoms with van der Waals surface area (Å²) in [6.45, 7) is 2.18. The minimum absolute atomic E-state index is 0.381. The number of nitrogens with zero attached hydrogens (tertiary/aromatic N) is 2. The highest BCUT2D eigenvalue weighted by molar-refractivity contribution is 5.77. The van der Waals surface area contributed by atoms with Gasteiger partial charge in [-0.05, 0) is 87.0 Å². The molecule has 0 radical (unpaired) electrons. The summed E-state index contributed by atoms with van der Waals surface area (Å²) in [5, 5.41) is 7.05. The number of benzene rings is 2. The normalized spacial score (nSPS) is 21.9. The number of aryl methyl sites for hydroxylation is 2. The molecule has 4 N–H and O–H groups in total. The Morgan fingerprint density at radius 2 is 1.20 bits per heavy atom. The van der Waals surface area contributed by atoms with Crippen LogP contribution in [0.4, 0.5) is 0 Å². The van der Waals surface area contributed by atoms with E-state index in [-0.39, 0.29) is 0 Å². The minimum atomic E-state index is 0.381. The Balaban J connectivity index is 1.18. The second-order valence-corrected chi connectivity index (χ2v) is 8.74. The molecule has 2 unspecified atom stereocenters. The molecule has 0 spiro atoms. The van der Waals surface area contributed by atoms with Gasteiger partial charge in [0.25, 0.3) is 0 Å². The number of hydrogen-bond acceptors (Lipinski definition) is 4. The van der Waals surface area contributed by atoms with E-state index in [1.165, 1.54) is 36.8 Å². The standard InChI is InChI=1S/C24H28N6/c1-3-19(25-11-1)23-27-17-9-7-15(13-21(17)29-23)5-6-16-8-10-18-22(14-16)30-24(28-18)20-4-2-12-26-20/h7-10,13-14,19-20,25-26H,1-6,11-12H2,(H,27,29)(H,28,30). The van der Waals surface area contributed by atoms with E-state index >= 15 is 0 Å². The smallest absolute Gasteiger partial charge is 0.124 e. The van der Waals surface area contributed by atoms with Crippen LogP contribution in [0.1, 0.15) is 60.5 Å². The third-order valence-corrected chi connectivity index (χ3v) is 6.61. The first-order valence-electron chi connectivity index (χ1n) is 11.3. The van der Waals surface area contributed by atoms with Crippen molar-refractivity contribution in [1.29, 1.82) is 0 Å². The Bertz CT molecular complexity index is 1080. The van der Waals surface area contributed by atoms with E-state index in [4.69, 9.17) is 9.97 Å². The molecule has 2 aliphatic rings. The van der Waals surface area contributed by atoms with Crippen molar-refractivity contribution in [3.8, 4) is 0 Å². The van der Waals surface area contributed by atoms with Crippen LogP contribution in [0.5, 0.6) is 0 Å². The Morgan fingerprint density at radius 3 is 1.63 bits per heavy atom. The molecule has 2 saturated heterocycles. The number of aromatic amines is 2. The highest BCUT2D eigenvalue weighted by atomic mass is 15.0. The fourth-order valence-corrected chi connectivity index (χ4v) is 4.92. The predicted molar refractivity (Wildman–Crippen MR) is 120 cm³/mol. The maximum atomic E-state index is 4.79. The molecular formula is C24H28N6. The van der Waals surface area contributed by atoms with Gasteiger partial charge in [-0.3, -0.25) is 0 Å². The molecule has 4 aromatic rings. The largest absolute Gasteiger partial charge is 0.341 e. The summed E-state index contributed by atoms with van der Waals surface area (Å²) in [6, 6.07) is 14.0. The molecule has 6 rings (SSSR count). The Kier molecular flexibility index (Phi) is 4.54. The van der Waals surface area contributed by atoms with Gasteiger partial charge in [-0.15, -0.1) is 0 Å². The number of nitrogens with one attached hydrogen (secondary N) is 4. The summed E-state index contributed by atoms with van der Waals surface area (Å²) in [4.78, 5) is 16.7. The molecule has 6 heteroatoms. The van der Waals surface area contributed by atoms with Gasteiger partial charge in [-0.1, -0.05) is 12.1 Å². The van der Waals surface area contributed by atoms with Gasteiger partial charge in [-0.2, -0.15) is 0 Å². The van der Waals surface area contributed by atoms with E-state index in [1.54, 1.807) is 0 Å². The van der Waals surface area contributed by atoms with Gasteiger partial charge in [0.05, 0.1) is 34.2 Å². The second-order valence-electron chi connectivity index (χ2n) is 8.74. The third kappa shape index (κ3) is 3.40. The van der Waals surface area contributed by atoms with Gasteiger partial charge in [0, 0.05) is 0 Å². The van der Waals surface area contributed by atoms with Crippen LogP contribution in [-0.2, 0) is 12.8 Å². The first-order chi connectivity index (χ1) is 14.8. The zero-order valence-corrected chi connectivity index (χ0v) is 17.2. The molecule has 2 aliphatic heterocycles. The zero-order chi connectivity index (χ0) is 19.9. The number of hydrogen-bond donors (Lipinski definition) is 4. The van der Waals surface area contributed by atoms with Crippen LogP contribution in [-0.4, -0.2) is 33.0 Å². The summed E-state index contributed by atoms with van der Waals surface area (Å²) in [5.41, 5.74) is 7.11. The van der Waals surface area contributed by atoms with E-state index in [2.05, 4.69) is 57.0 Å². The Hall–Kier alpha value is -2.70. The van der Waals surface area contributed by atoms with Crippen LogP contribution in [0.2, 0.25) is 0 Å². The molecule has 154 valence electrons. The van der Waals surface area contributed by atoms with Crippen LogP contribution in [0.3, 0.4) is 0 Å². The molecule has 2 atom stereocenters. The molecule has 4 heterocycles. The number of H-pyrrole nitrogens is 2. The highest BCUT2D eigenvalue weighted by Gasteiger charge is 2.20. The topological polar surface area (TPSA) is 81.4 Å². The lowest BCUT2D eigenvalue weighted by Gasteiger charge is -2.04. The fourth-order valence-electron chi connectivity index (χ4n) is 4.92. The number of rotatable bonds is 5. The fraction of sp³-hybridized carbons (Fsp3) is 0.417. The van der Waals surface area contributed by atoms with E-state index in [0.717, 1.165) is 59.6 Å². The summed E-state index contributed by atoms with van der Waals surface area (Å²) in [6.07, 6.45) is 6.83. The molecule has 0 aliphatic carbocycles. The molecule has 2 aromatic heterocycles. The van der Waals surface area contributed by atoms with E-state index in [1.807, 2.05) is 0 Å². The van der Waals surface area contributed by atoms with Crippen molar-refractivity contribution >= 4 is 22.1 Å². The van der Waals surface area contributed by atoms with Gasteiger partial charge in [-0.25, -0.2) is 9.97 Å². The van der Waals surface area contributed by atoms with Crippen molar-refractivity contribution in [1.82, 2.24) is 30.6 Å². The average Bonchev–Trinajstić information content (AvgIpc) is 3.55. The highest BCUT2D eigenvalue weighted by Crippen LogP contribution is 2.25. The molecule has 0 saturated carbocycles. The second kappa shape index (κ2) is 7.52. The molecule has 2 aromatic carbocycles. The number of imidazole rings is 2. The SMILES string of the molecule is c1cc2nc(C3CCCN3)[nH]c2cc1CCc1ccc2nc(C3CCCN3)[nH]c2c1. The summed E-state index contributed by atoms with van der Waals surface area (Å²) >= 11 is 0. The minimum Gasteiger partial charge on any atom is -0.341 e. The Labute approximate surface area is 175 Å². The van der Waals surface area contributed by atoms with Crippen molar-refractivity contribution in [2.45, 2.75) is 50.6 Å².